The lowest BCUT2D eigenvalue weighted by atomic mass is 9.97. The zero-order valence-corrected chi connectivity index (χ0v) is 17.4. The zero-order valence-electron chi connectivity index (χ0n) is 15.8. The van der Waals surface area contributed by atoms with Gasteiger partial charge in [-0.15, -0.1) is 0 Å². The van der Waals surface area contributed by atoms with Crippen molar-refractivity contribution in [3.8, 4) is 17.0 Å². The van der Waals surface area contributed by atoms with E-state index in [2.05, 4.69) is 4.40 Å². The van der Waals surface area contributed by atoms with E-state index in [-0.39, 0.29) is 5.92 Å². The minimum atomic E-state index is -3.15. The maximum absolute atomic E-state index is 11.8. The molecule has 8 heteroatoms. The molecule has 0 spiro atoms. The van der Waals surface area contributed by atoms with Crippen LogP contribution >= 0.6 is 11.6 Å². The van der Waals surface area contributed by atoms with Gasteiger partial charge >= 0.3 is 0 Å². The highest BCUT2D eigenvalue weighted by molar-refractivity contribution is 7.88. The number of para-hydroxylation sites is 1. The van der Waals surface area contributed by atoms with Crippen LogP contribution in [0.2, 0.25) is 5.02 Å². The Morgan fingerprint density at radius 1 is 1.18 bits per heavy atom. The van der Waals surface area contributed by atoms with E-state index in [1.165, 1.54) is 10.6 Å². The first-order chi connectivity index (χ1) is 13.4. The molecule has 0 unspecified atom stereocenters. The highest BCUT2D eigenvalue weighted by atomic mass is 35.5. The number of nitrogens with zero attached hydrogens (tertiary/aromatic N) is 3. The van der Waals surface area contributed by atoms with E-state index in [1.54, 1.807) is 7.11 Å². The number of halogens is 1. The Morgan fingerprint density at radius 3 is 2.57 bits per heavy atom. The average molecular weight is 420 g/mol. The normalized spacial score (nSPS) is 16.5. The summed E-state index contributed by atoms with van der Waals surface area (Å²) in [7, 11) is -1.51. The Morgan fingerprint density at radius 2 is 1.89 bits per heavy atom. The molecule has 28 heavy (non-hydrogen) atoms. The minimum absolute atomic E-state index is 0.176. The van der Waals surface area contributed by atoms with Gasteiger partial charge in [-0.05, 0) is 37.1 Å². The standard InChI is InChI=1S/C20H22ClN3O3S/c1-27-18-6-4-3-5-16(18)19-17-13-15(21)9-12-24(17)20(22-19)14-7-10-23(11-8-14)28(2,25)26/h3-6,9,12-14H,7-8,10-11H2,1-2H3. The van der Waals surface area contributed by atoms with Gasteiger partial charge in [-0.2, -0.15) is 0 Å². The third-order valence-electron chi connectivity index (χ3n) is 5.28. The van der Waals surface area contributed by atoms with Crippen molar-refractivity contribution < 1.29 is 13.2 Å². The van der Waals surface area contributed by atoms with Crippen molar-refractivity contribution in [2.75, 3.05) is 26.5 Å². The maximum atomic E-state index is 11.8. The highest BCUT2D eigenvalue weighted by Crippen LogP contribution is 2.37. The van der Waals surface area contributed by atoms with Crippen molar-refractivity contribution in [1.82, 2.24) is 13.7 Å². The molecule has 0 radical (unpaired) electrons. The molecular formula is C20H22ClN3O3S. The van der Waals surface area contributed by atoms with E-state index in [0.29, 0.717) is 18.1 Å². The summed E-state index contributed by atoms with van der Waals surface area (Å²) in [5, 5.41) is 0.641. The van der Waals surface area contributed by atoms with Crippen LogP contribution in [0.3, 0.4) is 0 Å². The van der Waals surface area contributed by atoms with E-state index in [9.17, 15) is 8.42 Å². The summed E-state index contributed by atoms with van der Waals surface area (Å²) in [5.41, 5.74) is 2.64. The van der Waals surface area contributed by atoms with Gasteiger partial charge in [0.15, 0.2) is 0 Å². The van der Waals surface area contributed by atoms with Crippen LogP contribution in [-0.2, 0) is 10.0 Å². The van der Waals surface area contributed by atoms with E-state index in [1.807, 2.05) is 42.6 Å². The van der Waals surface area contributed by atoms with Crippen LogP contribution in [0.4, 0.5) is 0 Å². The lowest BCUT2D eigenvalue weighted by Crippen LogP contribution is -2.37. The number of piperidine rings is 1. The van der Waals surface area contributed by atoms with Gasteiger partial charge in [0.05, 0.1) is 18.9 Å². The lowest BCUT2D eigenvalue weighted by molar-refractivity contribution is 0.315. The number of sulfonamides is 1. The number of rotatable bonds is 4. The van der Waals surface area contributed by atoms with Gasteiger partial charge in [-0.3, -0.25) is 0 Å². The Balaban J connectivity index is 1.79. The third-order valence-corrected chi connectivity index (χ3v) is 6.82. The fraction of sp³-hybridized carbons (Fsp3) is 0.350. The fourth-order valence-electron chi connectivity index (χ4n) is 3.85. The van der Waals surface area contributed by atoms with Crippen molar-refractivity contribution in [2.24, 2.45) is 0 Å². The summed E-state index contributed by atoms with van der Waals surface area (Å²) >= 11 is 6.27. The molecule has 4 rings (SSSR count). The number of aromatic nitrogens is 2. The molecule has 1 aromatic carbocycles. The number of pyridine rings is 1. The van der Waals surface area contributed by atoms with Crippen LogP contribution in [-0.4, -0.2) is 48.6 Å². The quantitative estimate of drug-likeness (QED) is 0.645. The smallest absolute Gasteiger partial charge is 0.211 e. The van der Waals surface area contributed by atoms with E-state index >= 15 is 0 Å². The first-order valence-electron chi connectivity index (χ1n) is 9.14. The first kappa shape index (κ1) is 19.2. The molecule has 0 amide bonds. The van der Waals surface area contributed by atoms with Crippen LogP contribution in [0.1, 0.15) is 24.6 Å². The van der Waals surface area contributed by atoms with Crippen molar-refractivity contribution in [2.45, 2.75) is 18.8 Å². The van der Waals surface area contributed by atoms with Gasteiger partial charge in [0.25, 0.3) is 0 Å². The number of ether oxygens (including phenoxy) is 1. The molecule has 0 aliphatic carbocycles. The van der Waals surface area contributed by atoms with Gasteiger partial charge in [0, 0.05) is 35.8 Å². The van der Waals surface area contributed by atoms with Crippen LogP contribution < -0.4 is 4.74 Å². The molecule has 1 aliphatic heterocycles. The van der Waals surface area contributed by atoms with Crippen LogP contribution in [0.25, 0.3) is 16.8 Å². The molecule has 0 atom stereocenters. The molecule has 2 aromatic heterocycles. The van der Waals surface area contributed by atoms with Crippen molar-refractivity contribution in [3.63, 3.8) is 0 Å². The second-order valence-corrected chi connectivity index (χ2v) is 9.47. The monoisotopic (exact) mass is 419 g/mol. The molecule has 0 saturated carbocycles. The number of imidazole rings is 1. The second kappa shape index (κ2) is 7.39. The van der Waals surface area contributed by atoms with Crippen LogP contribution in [0, 0.1) is 0 Å². The average Bonchev–Trinajstić information content (AvgIpc) is 3.05. The molecule has 3 heterocycles. The van der Waals surface area contributed by atoms with Gasteiger partial charge in [0.2, 0.25) is 10.0 Å². The largest absolute Gasteiger partial charge is 0.496 e. The Labute approximate surface area is 169 Å². The zero-order chi connectivity index (χ0) is 19.9. The Hall–Kier alpha value is -2.09. The summed E-state index contributed by atoms with van der Waals surface area (Å²) in [6.07, 6.45) is 4.67. The SMILES string of the molecule is COc1ccccc1-c1nc(C2CCN(S(C)(=O)=O)CC2)n2ccc(Cl)cc12. The summed E-state index contributed by atoms with van der Waals surface area (Å²) in [6, 6.07) is 11.5. The van der Waals surface area contributed by atoms with Crippen LogP contribution in [0.15, 0.2) is 42.6 Å². The molecular weight excluding hydrogens is 398 g/mol. The van der Waals surface area contributed by atoms with Gasteiger partial charge in [0.1, 0.15) is 17.3 Å². The van der Waals surface area contributed by atoms with Crippen molar-refractivity contribution in [3.05, 3.63) is 53.4 Å². The summed E-state index contributed by atoms with van der Waals surface area (Å²) in [6.45, 7) is 1.02. The summed E-state index contributed by atoms with van der Waals surface area (Å²) in [4.78, 5) is 4.98. The minimum Gasteiger partial charge on any atom is -0.496 e. The molecule has 1 aliphatic rings. The van der Waals surface area contributed by atoms with Crippen molar-refractivity contribution in [1.29, 1.82) is 0 Å². The predicted molar refractivity (Wildman–Crippen MR) is 111 cm³/mol. The number of hydrogen-bond donors (Lipinski definition) is 0. The lowest BCUT2D eigenvalue weighted by Gasteiger charge is -2.29. The van der Waals surface area contributed by atoms with Crippen LogP contribution in [0.5, 0.6) is 5.75 Å². The van der Waals surface area contributed by atoms with Gasteiger partial charge < -0.3 is 9.14 Å². The molecule has 6 nitrogen and oxygen atoms in total. The number of benzene rings is 1. The third kappa shape index (κ3) is 3.50. The summed E-state index contributed by atoms with van der Waals surface area (Å²) < 4.78 is 32.8. The predicted octanol–water partition coefficient (Wildman–Crippen LogP) is 3.80. The Bertz CT molecular complexity index is 1120. The molecule has 148 valence electrons. The molecule has 0 N–H and O–H groups in total. The van der Waals surface area contributed by atoms with Gasteiger partial charge in [-0.1, -0.05) is 23.7 Å². The molecule has 0 bridgehead atoms. The number of fused-ring (bicyclic) bond motifs is 1. The molecule has 3 aromatic rings. The van der Waals surface area contributed by atoms with E-state index in [4.69, 9.17) is 21.3 Å². The van der Waals surface area contributed by atoms with E-state index in [0.717, 1.165) is 41.2 Å². The Kier molecular flexibility index (Phi) is 5.07. The number of methoxy groups -OCH3 is 1. The van der Waals surface area contributed by atoms with E-state index < -0.39 is 10.0 Å². The fourth-order valence-corrected chi connectivity index (χ4v) is 4.89. The highest BCUT2D eigenvalue weighted by Gasteiger charge is 2.29. The second-order valence-electron chi connectivity index (χ2n) is 7.06. The molecule has 1 saturated heterocycles. The first-order valence-corrected chi connectivity index (χ1v) is 11.4. The topological polar surface area (TPSA) is 63.9 Å². The maximum Gasteiger partial charge on any atom is 0.211 e. The molecule has 1 fully saturated rings. The van der Waals surface area contributed by atoms with Gasteiger partial charge in [-0.25, -0.2) is 17.7 Å². The number of hydrogen-bond acceptors (Lipinski definition) is 4. The summed E-state index contributed by atoms with van der Waals surface area (Å²) in [5.74, 6) is 1.86. The van der Waals surface area contributed by atoms with Crippen molar-refractivity contribution >= 4 is 27.1 Å².